The summed E-state index contributed by atoms with van der Waals surface area (Å²) < 4.78 is 27.4. The summed E-state index contributed by atoms with van der Waals surface area (Å²) in [4.78, 5) is 25.5. The highest BCUT2D eigenvalue weighted by molar-refractivity contribution is 7.94. The van der Waals surface area contributed by atoms with Gasteiger partial charge in [-0.2, -0.15) is 0 Å². The van der Waals surface area contributed by atoms with E-state index >= 15 is 0 Å². The Hall–Kier alpha value is -3.95. The lowest BCUT2D eigenvalue weighted by atomic mass is 10.1. The molecule has 0 atom stereocenters. The Kier molecular flexibility index (Phi) is 7.59. The predicted molar refractivity (Wildman–Crippen MR) is 138 cm³/mol. The SMILES string of the molecule is O=C(Nc1ccccc1C(=O)NCCc1ccccc1)c1ccc(NS(=O)(=O)c2cccs2)cc1. The van der Waals surface area contributed by atoms with Gasteiger partial charge in [0, 0.05) is 17.8 Å². The number of sulfonamides is 1. The molecule has 0 spiro atoms. The molecule has 3 aromatic carbocycles. The number of nitrogens with one attached hydrogen (secondary N) is 3. The van der Waals surface area contributed by atoms with E-state index in [1.807, 2.05) is 30.3 Å². The molecular formula is C26H23N3O4S2. The number of para-hydroxylation sites is 1. The number of carbonyl (C=O) groups excluding carboxylic acids is 2. The number of hydrogen-bond acceptors (Lipinski definition) is 5. The Balaban J connectivity index is 1.38. The minimum Gasteiger partial charge on any atom is -0.352 e. The van der Waals surface area contributed by atoms with Crippen molar-refractivity contribution in [3.05, 3.63) is 113 Å². The molecule has 0 aliphatic heterocycles. The van der Waals surface area contributed by atoms with E-state index in [0.717, 1.165) is 16.9 Å². The zero-order valence-electron chi connectivity index (χ0n) is 18.6. The molecular weight excluding hydrogens is 482 g/mol. The van der Waals surface area contributed by atoms with Crippen LogP contribution in [0.25, 0.3) is 0 Å². The molecule has 3 N–H and O–H groups in total. The first-order chi connectivity index (χ1) is 16.9. The van der Waals surface area contributed by atoms with E-state index in [0.29, 0.717) is 35.5 Å². The van der Waals surface area contributed by atoms with Crippen LogP contribution < -0.4 is 15.4 Å². The second-order valence-corrected chi connectivity index (χ2v) is 10.5. The van der Waals surface area contributed by atoms with Crippen molar-refractivity contribution in [2.24, 2.45) is 0 Å². The number of carbonyl (C=O) groups is 2. The average molecular weight is 506 g/mol. The molecule has 1 heterocycles. The van der Waals surface area contributed by atoms with Crippen LogP contribution in [-0.4, -0.2) is 26.8 Å². The fraction of sp³-hybridized carbons (Fsp3) is 0.0769. The first kappa shape index (κ1) is 24.2. The lowest BCUT2D eigenvalue weighted by molar-refractivity contribution is 0.0955. The van der Waals surface area contributed by atoms with Crippen molar-refractivity contribution in [3.8, 4) is 0 Å². The first-order valence-corrected chi connectivity index (χ1v) is 13.2. The van der Waals surface area contributed by atoms with Gasteiger partial charge in [-0.3, -0.25) is 14.3 Å². The number of rotatable bonds is 9. The maximum Gasteiger partial charge on any atom is 0.271 e. The van der Waals surface area contributed by atoms with Crippen molar-refractivity contribution in [3.63, 3.8) is 0 Å². The summed E-state index contributed by atoms with van der Waals surface area (Å²) in [6.45, 7) is 0.466. The van der Waals surface area contributed by atoms with Gasteiger partial charge in [-0.15, -0.1) is 11.3 Å². The molecule has 0 unspecified atom stereocenters. The molecule has 0 saturated heterocycles. The van der Waals surface area contributed by atoms with Crippen LogP contribution in [0, 0.1) is 0 Å². The number of anilines is 2. The van der Waals surface area contributed by atoms with Gasteiger partial charge in [-0.25, -0.2) is 8.42 Å². The van der Waals surface area contributed by atoms with Gasteiger partial charge in [-0.05, 0) is 59.8 Å². The van der Waals surface area contributed by atoms with E-state index < -0.39 is 15.9 Å². The van der Waals surface area contributed by atoms with Crippen molar-refractivity contribution < 1.29 is 18.0 Å². The predicted octanol–water partition coefficient (Wildman–Crippen LogP) is 4.77. The smallest absolute Gasteiger partial charge is 0.271 e. The second kappa shape index (κ2) is 11.0. The summed E-state index contributed by atoms with van der Waals surface area (Å²) in [5, 5.41) is 7.34. The van der Waals surface area contributed by atoms with Gasteiger partial charge in [0.15, 0.2) is 0 Å². The number of thiophene rings is 1. The van der Waals surface area contributed by atoms with Crippen LogP contribution in [0.15, 0.2) is 101 Å². The monoisotopic (exact) mass is 505 g/mol. The van der Waals surface area contributed by atoms with Crippen molar-refractivity contribution in [1.29, 1.82) is 0 Å². The molecule has 178 valence electrons. The van der Waals surface area contributed by atoms with Gasteiger partial charge in [0.05, 0.1) is 11.3 Å². The van der Waals surface area contributed by atoms with Crippen LogP contribution in [0.3, 0.4) is 0 Å². The highest BCUT2D eigenvalue weighted by Crippen LogP contribution is 2.21. The van der Waals surface area contributed by atoms with Crippen LogP contribution in [0.5, 0.6) is 0 Å². The van der Waals surface area contributed by atoms with E-state index in [2.05, 4.69) is 15.4 Å². The van der Waals surface area contributed by atoms with Crippen molar-refractivity contribution >= 4 is 44.5 Å². The number of benzene rings is 3. The molecule has 0 radical (unpaired) electrons. The molecule has 0 aliphatic carbocycles. The topological polar surface area (TPSA) is 104 Å². The summed E-state index contributed by atoms with van der Waals surface area (Å²) in [6, 6.07) is 25.9. The van der Waals surface area contributed by atoms with E-state index in [-0.39, 0.29) is 10.1 Å². The molecule has 9 heteroatoms. The Morgan fingerprint density at radius 3 is 2.20 bits per heavy atom. The molecule has 0 bridgehead atoms. The summed E-state index contributed by atoms with van der Waals surface area (Å²) in [6.07, 6.45) is 0.698. The van der Waals surface area contributed by atoms with Gasteiger partial charge in [0.1, 0.15) is 4.21 Å². The molecule has 4 rings (SSSR count). The third kappa shape index (κ3) is 6.34. The van der Waals surface area contributed by atoms with E-state index in [4.69, 9.17) is 0 Å². The van der Waals surface area contributed by atoms with Crippen LogP contribution >= 0.6 is 11.3 Å². The molecule has 7 nitrogen and oxygen atoms in total. The lowest BCUT2D eigenvalue weighted by Gasteiger charge is -2.12. The van der Waals surface area contributed by atoms with E-state index in [1.165, 1.54) is 30.3 Å². The largest absolute Gasteiger partial charge is 0.352 e. The molecule has 4 aromatic rings. The Labute approximate surface area is 207 Å². The van der Waals surface area contributed by atoms with Crippen molar-refractivity contribution in [1.82, 2.24) is 5.32 Å². The van der Waals surface area contributed by atoms with Crippen LogP contribution in [-0.2, 0) is 16.4 Å². The molecule has 0 aliphatic rings. The standard InChI is InChI=1S/C26H23N3O4S2/c30-25(20-12-14-21(15-13-20)29-35(32,33)24-11-6-18-34-24)28-23-10-5-4-9-22(23)26(31)27-17-16-19-7-2-1-3-8-19/h1-15,18,29H,16-17H2,(H,27,31)(H,28,30). The Morgan fingerprint density at radius 2 is 1.49 bits per heavy atom. The lowest BCUT2D eigenvalue weighted by Crippen LogP contribution is -2.27. The summed E-state index contributed by atoms with van der Waals surface area (Å²) in [7, 11) is -3.67. The minimum atomic E-state index is -3.67. The molecule has 35 heavy (non-hydrogen) atoms. The Morgan fingerprint density at radius 1 is 0.771 bits per heavy atom. The van der Waals surface area contributed by atoms with Crippen LogP contribution in [0.1, 0.15) is 26.3 Å². The zero-order chi connectivity index (χ0) is 24.7. The summed E-state index contributed by atoms with van der Waals surface area (Å²) in [5.41, 5.74) is 2.53. The van der Waals surface area contributed by atoms with Gasteiger partial charge < -0.3 is 10.6 Å². The number of amides is 2. The van der Waals surface area contributed by atoms with Crippen molar-refractivity contribution in [2.45, 2.75) is 10.6 Å². The highest BCUT2D eigenvalue weighted by Gasteiger charge is 2.17. The van der Waals surface area contributed by atoms with E-state index in [1.54, 1.807) is 35.7 Å². The van der Waals surface area contributed by atoms with Crippen LogP contribution in [0.4, 0.5) is 11.4 Å². The first-order valence-electron chi connectivity index (χ1n) is 10.8. The highest BCUT2D eigenvalue weighted by atomic mass is 32.2. The third-order valence-electron chi connectivity index (χ3n) is 5.12. The molecule has 2 amide bonds. The third-order valence-corrected chi connectivity index (χ3v) is 7.90. The van der Waals surface area contributed by atoms with Crippen LogP contribution in [0.2, 0.25) is 0 Å². The van der Waals surface area contributed by atoms with E-state index in [9.17, 15) is 18.0 Å². The maximum atomic E-state index is 12.8. The van der Waals surface area contributed by atoms with Gasteiger partial charge >= 0.3 is 0 Å². The molecule has 1 aromatic heterocycles. The van der Waals surface area contributed by atoms with Gasteiger partial charge in [0.2, 0.25) is 0 Å². The quantitative estimate of drug-likeness (QED) is 0.305. The van der Waals surface area contributed by atoms with Gasteiger partial charge in [-0.1, -0.05) is 48.5 Å². The minimum absolute atomic E-state index is 0.206. The maximum absolute atomic E-state index is 12.8. The summed E-state index contributed by atoms with van der Waals surface area (Å²) in [5.74, 6) is -0.697. The summed E-state index contributed by atoms with van der Waals surface area (Å²) >= 11 is 1.12. The average Bonchev–Trinajstić information content (AvgIpc) is 3.41. The fourth-order valence-electron chi connectivity index (χ4n) is 3.36. The second-order valence-electron chi connectivity index (χ2n) is 7.61. The van der Waals surface area contributed by atoms with Crippen molar-refractivity contribution in [2.75, 3.05) is 16.6 Å². The zero-order valence-corrected chi connectivity index (χ0v) is 20.2. The normalized spacial score (nSPS) is 11.0. The Bertz CT molecular complexity index is 1400. The number of hydrogen-bond donors (Lipinski definition) is 3. The molecule has 0 fully saturated rings. The molecule has 0 saturated carbocycles. The fourth-order valence-corrected chi connectivity index (χ4v) is 5.41. The van der Waals surface area contributed by atoms with Gasteiger partial charge in [0.25, 0.3) is 21.8 Å².